The number of urea groups is 1. The molecule has 1 atom stereocenters. The van der Waals surface area contributed by atoms with Crippen LogP contribution in [0.3, 0.4) is 0 Å². The third kappa shape index (κ3) is 4.69. The van der Waals surface area contributed by atoms with Crippen molar-refractivity contribution in [2.24, 2.45) is 0 Å². The Balaban J connectivity index is 1.69. The maximum absolute atomic E-state index is 12.0. The van der Waals surface area contributed by atoms with Gasteiger partial charge in [-0.1, -0.05) is 6.92 Å². The molecule has 5 nitrogen and oxygen atoms in total. The molecule has 0 saturated carbocycles. The first-order valence-corrected chi connectivity index (χ1v) is 8.89. The van der Waals surface area contributed by atoms with Gasteiger partial charge in [-0.3, -0.25) is 4.90 Å². The van der Waals surface area contributed by atoms with Gasteiger partial charge >= 0.3 is 6.03 Å². The predicted molar refractivity (Wildman–Crippen MR) is 90.2 cm³/mol. The Bertz CT molecular complexity index is 491. The standard InChI is InChI=1S/C16H27N3O2S/c1-3-16(2,6-10-20)18-15(21)17-7-9-19-8-4-14-13(12-19)5-11-22-14/h5,11,20H,3-4,6-10,12H2,1-2H3,(H2,17,18,21). The van der Waals surface area contributed by atoms with Gasteiger partial charge in [0.05, 0.1) is 0 Å². The van der Waals surface area contributed by atoms with Crippen LogP contribution in [0.25, 0.3) is 0 Å². The van der Waals surface area contributed by atoms with Crippen LogP contribution in [0.1, 0.15) is 37.1 Å². The summed E-state index contributed by atoms with van der Waals surface area (Å²) in [5, 5.41) is 17.1. The fraction of sp³-hybridized carbons (Fsp3) is 0.688. The molecule has 1 aliphatic rings. The van der Waals surface area contributed by atoms with E-state index >= 15 is 0 Å². The lowest BCUT2D eigenvalue weighted by atomic mass is 9.95. The molecule has 1 aromatic heterocycles. The second-order valence-electron chi connectivity index (χ2n) is 6.16. The van der Waals surface area contributed by atoms with Crippen molar-refractivity contribution in [3.8, 4) is 0 Å². The zero-order valence-electron chi connectivity index (χ0n) is 13.5. The fourth-order valence-corrected chi connectivity index (χ4v) is 3.61. The number of fused-ring (bicyclic) bond motifs is 1. The average Bonchev–Trinajstić information content (AvgIpc) is 2.95. The number of rotatable bonds is 7. The molecule has 1 aliphatic heterocycles. The van der Waals surface area contributed by atoms with Crippen LogP contribution < -0.4 is 10.6 Å². The summed E-state index contributed by atoms with van der Waals surface area (Å²) in [6.07, 6.45) is 2.49. The van der Waals surface area contributed by atoms with Crippen molar-refractivity contribution >= 4 is 17.4 Å². The van der Waals surface area contributed by atoms with Gasteiger partial charge in [0, 0.05) is 43.2 Å². The van der Waals surface area contributed by atoms with Crippen LogP contribution in [0.4, 0.5) is 4.79 Å². The monoisotopic (exact) mass is 325 g/mol. The second-order valence-corrected chi connectivity index (χ2v) is 7.16. The molecule has 0 spiro atoms. The number of amides is 2. The number of nitrogens with one attached hydrogen (secondary N) is 2. The lowest BCUT2D eigenvalue weighted by molar-refractivity contribution is 0.198. The molecular weight excluding hydrogens is 298 g/mol. The SMILES string of the molecule is CCC(C)(CCO)NC(=O)NCCN1CCc2sccc2C1. The van der Waals surface area contributed by atoms with Crippen molar-refractivity contribution in [1.82, 2.24) is 15.5 Å². The van der Waals surface area contributed by atoms with Crippen LogP contribution in [0.5, 0.6) is 0 Å². The Labute approximate surface area is 136 Å². The third-order valence-corrected chi connectivity index (χ3v) is 5.48. The van der Waals surface area contributed by atoms with Crippen molar-refractivity contribution in [1.29, 1.82) is 0 Å². The van der Waals surface area contributed by atoms with Crippen molar-refractivity contribution in [3.63, 3.8) is 0 Å². The molecule has 1 aromatic rings. The molecule has 6 heteroatoms. The first-order valence-electron chi connectivity index (χ1n) is 8.01. The highest BCUT2D eigenvalue weighted by atomic mass is 32.1. The van der Waals surface area contributed by atoms with Gasteiger partial charge in [-0.2, -0.15) is 0 Å². The van der Waals surface area contributed by atoms with Crippen LogP contribution in [0.2, 0.25) is 0 Å². The number of aliphatic hydroxyl groups is 1. The number of hydrogen-bond donors (Lipinski definition) is 3. The van der Waals surface area contributed by atoms with E-state index in [-0.39, 0.29) is 18.2 Å². The van der Waals surface area contributed by atoms with E-state index in [2.05, 4.69) is 27.0 Å². The van der Waals surface area contributed by atoms with Gasteiger partial charge in [-0.15, -0.1) is 11.3 Å². The summed E-state index contributed by atoms with van der Waals surface area (Å²) in [7, 11) is 0. The Morgan fingerprint density at radius 1 is 1.55 bits per heavy atom. The Hall–Kier alpha value is -1.11. The number of hydrogen-bond acceptors (Lipinski definition) is 4. The molecule has 2 heterocycles. The Morgan fingerprint density at radius 3 is 3.09 bits per heavy atom. The molecule has 1 unspecified atom stereocenters. The zero-order valence-corrected chi connectivity index (χ0v) is 14.3. The van der Waals surface area contributed by atoms with Crippen LogP contribution in [0.15, 0.2) is 11.4 Å². The second kappa shape index (κ2) is 7.94. The van der Waals surface area contributed by atoms with E-state index in [0.29, 0.717) is 13.0 Å². The van der Waals surface area contributed by atoms with Crippen molar-refractivity contribution in [2.45, 2.75) is 45.2 Å². The van der Waals surface area contributed by atoms with Crippen molar-refractivity contribution in [2.75, 3.05) is 26.2 Å². The van der Waals surface area contributed by atoms with Gasteiger partial charge in [0.25, 0.3) is 0 Å². The molecule has 22 heavy (non-hydrogen) atoms. The molecule has 2 amide bonds. The summed E-state index contributed by atoms with van der Waals surface area (Å²) in [6.45, 7) is 7.62. The van der Waals surface area contributed by atoms with Gasteiger partial charge < -0.3 is 15.7 Å². The minimum absolute atomic E-state index is 0.0847. The van der Waals surface area contributed by atoms with Gasteiger partial charge in [-0.05, 0) is 43.2 Å². The van der Waals surface area contributed by atoms with E-state index < -0.39 is 0 Å². The molecule has 124 valence electrons. The van der Waals surface area contributed by atoms with E-state index in [1.165, 1.54) is 10.4 Å². The number of thiophene rings is 1. The minimum Gasteiger partial charge on any atom is -0.396 e. The molecule has 0 fully saturated rings. The number of nitrogens with zero attached hydrogens (tertiary/aromatic N) is 1. The molecule has 0 saturated heterocycles. The Morgan fingerprint density at radius 2 is 2.36 bits per heavy atom. The van der Waals surface area contributed by atoms with Crippen LogP contribution >= 0.6 is 11.3 Å². The molecule has 3 N–H and O–H groups in total. The van der Waals surface area contributed by atoms with Gasteiger partial charge in [0.15, 0.2) is 0 Å². The molecule has 0 bridgehead atoms. The van der Waals surface area contributed by atoms with Gasteiger partial charge in [0.1, 0.15) is 0 Å². The molecule has 0 radical (unpaired) electrons. The number of carbonyl (C=O) groups excluding carboxylic acids is 1. The highest BCUT2D eigenvalue weighted by Crippen LogP contribution is 2.23. The van der Waals surface area contributed by atoms with E-state index in [4.69, 9.17) is 5.11 Å². The van der Waals surface area contributed by atoms with E-state index in [1.54, 1.807) is 0 Å². The normalized spacial score (nSPS) is 17.6. The maximum Gasteiger partial charge on any atom is 0.315 e. The lowest BCUT2D eigenvalue weighted by Crippen LogP contribution is -2.51. The fourth-order valence-electron chi connectivity index (χ4n) is 2.72. The summed E-state index contributed by atoms with van der Waals surface area (Å²) in [4.78, 5) is 15.9. The highest BCUT2D eigenvalue weighted by molar-refractivity contribution is 7.10. The zero-order chi connectivity index (χ0) is 16.0. The van der Waals surface area contributed by atoms with Crippen LogP contribution in [-0.4, -0.2) is 47.8 Å². The van der Waals surface area contributed by atoms with Crippen molar-refractivity contribution < 1.29 is 9.90 Å². The van der Waals surface area contributed by atoms with Crippen molar-refractivity contribution in [3.05, 3.63) is 21.9 Å². The van der Waals surface area contributed by atoms with Gasteiger partial charge in [-0.25, -0.2) is 4.79 Å². The van der Waals surface area contributed by atoms with E-state index in [1.807, 2.05) is 25.2 Å². The summed E-state index contributed by atoms with van der Waals surface area (Å²) >= 11 is 1.84. The van der Waals surface area contributed by atoms with Crippen LogP contribution in [0, 0.1) is 0 Å². The third-order valence-electron chi connectivity index (χ3n) is 4.46. The molecule has 0 aromatic carbocycles. The number of aliphatic hydroxyl groups excluding tert-OH is 1. The van der Waals surface area contributed by atoms with Crippen LogP contribution in [-0.2, 0) is 13.0 Å². The maximum atomic E-state index is 12.0. The smallest absolute Gasteiger partial charge is 0.315 e. The average molecular weight is 325 g/mol. The van der Waals surface area contributed by atoms with Gasteiger partial charge in [0.2, 0.25) is 0 Å². The van der Waals surface area contributed by atoms with E-state index in [9.17, 15) is 4.79 Å². The Kier molecular flexibility index (Phi) is 6.23. The summed E-state index contributed by atoms with van der Waals surface area (Å²) in [5.41, 5.74) is 1.09. The summed E-state index contributed by atoms with van der Waals surface area (Å²) < 4.78 is 0. The largest absolute Gasteiger partial charge is 0.396 e. The quantitative estimate of drug-likeness (QED) is 0.718. The topological polar surface area (TPSA) is 64.6 Å². The van der Waals surface area contributed by atoms with E-state index in [0.717, 1.165) is 32.5 Å². The predicted octanol–water partition coefficient (Wildman–Crippen LogP) is 1.96. The summed E-state index contributed by atoms with van der Waals surface area (Å²) in [6, 6.07) is 2.06. The molecule has 2 rings (SSSR count). The molecular formula is C16H27N3O2S. The number of carbonyl (C=O) groups is 1. The highest BCUT2D eigenvalue weighted by Gasteiger charge is 2.23. The lowest BCUT2D eigenvalue weighted by Gasteiger charge is -2.30. The summed E-state index contributed by atoms with van der Waals surface area (Å²) in [5.74, 6) is 0. The minimum atomic E-state index is -0.338. The first kappa shape index (κ1) is 17.2. The first-order chi connectivity index (χ1) is 10.6. The molecule has 0 aliphatic carbocycles.